The van der Waals surface area contributed by atoms with Crippen LogP contribution in [0.25, 0.3) is 0 Å². The zero-order valence-electron chi connectivity index (χ0n) is 10.2. The number of carbonyl (C=O) groups is 1. The highest BCUT2D eigenvalue weighted by Crippen LogP contribution is 2.17. The second kappa shape index (κ2) is 6.45. The van der Waals surface area contributed by atoms with Gasteiger partial charge in [0.1, 0.15) is 5.82 Å². The molecule has 0 spiro atoms. The van der Waals surface area contributed by atoms with Crippen LogP contribution in [-0.4, -0.2) is 15.3 Å². The van der Waals surface area contributed by atoms with Crippen LogP contribution in [0, 0.1) is 9.39 Å². The summed E-state index contributed by atoms with van der Waals surface area (Å²) in [7, 11) is -1.41. The Hall–Kier alpha value is -1.28. The van der Waals surface area contributed by atoms with Crippen LogP contribution >= 0.6 is 22.6 Å². The van der Waals surface area contributed by atoms with Crippen LogP contribution in [0.3, 0.4) is 0 Å². The molecule has 6 heteroatoms. The van der Waals surface area contributed by atoms with Crippen molar-refractivity contribution in [2.45, 2.75) is 10.6 Å². The Morgan fingerprint density at radius 2 is 1.85 bits per heavy atom. The van der Waals surface area contributed by atoms with Crippen molar-refractivity contribution >= 4 is 39.4 Å². The molecule has 2 aromatic rings. The Morgan fingerprint density at radius 3 is 2.45 bits per heavy atom. The average Bonchev–Trinajstić information content (AvgIpc) is 2.41. The lowest BCUT2D eigenvalue weighted by Gasteiger charge is -2.05. The van der Waals surface area contributed by atoms with E-state index < -0.39 is 28.1 Å². The smallest absolute Gasteiger partial charge is 0.338 e. The van der Waals surface area contributed by atoms with E-state index in [1.165, 1.54) is 6.07 Å². The molecule has 0 aliphatic heterocycles. The molecule has 0 aliphatic rings. The van der Waals surface area contributed by atoms with Crippen LogP contribution in [0.15, 0.2) is 47.4 Å². The molecule has 1 unspecified atom stereocenters. The maximum Gasteiger partial charge on any atom is 0.338 e. The van der Waals surface area contributed by atoms with E-state index >= 15 is 0 Å². The van der Waals surface area contributed by atoms with Crippen molar-refractivity contribution in [2.24, 2.45) is 0 Å². The third kappa shape index (κ3) is 3.63. The van der Waals surface area contributed by atoms with Crippen molar-refractivity contribution in [3.63, 3.8) is 0 Å². The van der Waals surface area contributed by atoms with Gasteiger partial charge in [-0.3, -0.25) is 4.21 Å². The van der Waals surface area contributed by atoms with Gasteiger partial charge in [0, 0.05) is 8.47 Å². The molecule has 1 N–H and O–H groups in total. The largest absolute Gasteiger partial charge is 0.478 e. The maximum atomic E-state index is 13.3. The summed E-state index contributed by atoms with van der Waals surface area (Å²) in [6, 6.07) is 11.0. The topological polar surface area (TPSA) is 54.4 Å². The molecular formula is C14H10FIO3S. The molecule has 1 atom stereocenters. The summed E-state index contributed by atoms with van der Waals surface area (Å²) >= 11 is 2.17. The van der Waals surface area contributed by atoms with E-state index in [0.717, 1.165) is 21.3 Å². The molecule has 0 saturated carbocycles. The number of hydrogen-bond donors (Lipinski definition) is 1. The molecule has 2 rings (SSSR count). The summed E-state index contributed by atoms with van der Waals surface area (Å²) in [6.45, 7) is 0. The molecule has 0 heterocycles. The fourth-order valence-electron chi connectivity index (χ4n) is 1.63. The van der Waals surface area contributed by atoms with E-state index in [9.17, 15) is 13.4 Å². The molecule has 2 aromatic carbocycles. The molecule has 0 amide bonds. The molecule has 0 aromatic heterocycles. The summed E-state index contributed by atoms with van der Waals surface area (Å²) in [6.07, 6.45) is 0. The number of benzene rings is 2. The first-order valence-electron chi connectivity index (χ1n) is 5.63. The molecule has 0 aliphatic carbocycles. The Bertz CT molecular complexity index is 671. The lowest BCUT2D eigenvalue weighted by molar-refractivity contribution is 0.0691. The lowest BCUT2D eigenvalue weighted by atomic mass is 10.2. The van der Waals surface area contributed by atoms with Crippen molar-refractivity contribution < 1.29 is 18.5 Å². The fourth-order valence-corrected chi connectivity index (χ4v) is 3.12. The van der Waals surface area contributed by atoms with Gasteiger partial charge in [-0.1, -0.05) is 12.1 Å². The van der Waals surface area contributed by atoms with E-state index in [2.05, 4.69) is 22.6 Å². The van der Waals surface area contributed by atoms with Gasteiger partial charge in [0.05, 0.1) is 22.1 Å². The molecule has 20 heavy (non-hydrogen) atoms. The van der Waals surface area contributed by atoms with Crippen molar-refractivity contribution in [3.8, 4) is 0 Å². The van der Waals surface area contributed by atoms with Crippen LogP contribution in [0.1, 0.15) is 15.9 Å². The minimum Gasteiger partial charge on any atom is -0.478 e. The van der Waals surface area contributed by atoms with Crippen LogP contribution in [-0.2, 0) is 16.6 Å². The van der Waals surface area contributed by atoms with Gasteiger partial charge in [0.15, 0.2) is 0 Å². The molecule has 3 nitrogen and oxygen atoms in total. The highest BCUT2D eigenvalue weighted by molar-refractivity contribution is 14.1. The fraction of sp³-hybridized carbons (Fsp3) is 0.0714. The summed E-state index contributed by atoms with van der Waals surface area (Å²) in [5.41, 5.74) is 0.420. The third-order valence-electron chi connectivity index (χ3n) is 2.64. The Morgan fingerprint density at radius 1 is 1.20 bits per heavy atom. The Kier molecular flexibility index (Phi) is 4.87. The number of halogens is 2. The predicted octanol–water partition coefficient (Wildman–Crippen LogP) is 3.44. The van der Waals surface area contributed by atoms with Crippen molar-refractivity contribution in [3.05, 3.63) is 63.0 Å². The normalized spacial score (nSPS) is 12.1. The van der Waals surface area contributed by atoms with Crippen LogP contribution in [0.2, 0.25) is 0 Å². The van der Waals surface area contributed by atoms with Gasteiger partial charge >= 0.3 is 5.97 Å². The number of carboxylic acid groups (broad SMARTS) is 1. The average molecular weight is 404 g/mol. The quantitative estimate of drug-likeness (QED) is 0.795. The maximum absolute atomic E-state index is 13.3. The summed E-state index contributed by atoms with van der Waals surface area (Å²) in [5, 5.41) is 8.85. The number of carboxylic acids is 1. The minimum absolute atomic E-state index is 0.265. The highest BCUT2D eigenvalue weighted by atomic mass is 127. The summed E-state index contributed by atoms with van der Waals surface area (Å²) in [5.74, 6) is -1.93. The standard InChI is InChI=1S/C14H10FIO3S/c15-13-6-5-11(7-12(13)14(17)18)20(19)8-9-1-3-10(16)4-2-9/h1-7H,8H2,(H,17,18). The minimum atomic E-state index is -1.41. The predicted molar refractivity (Wildman–Crippen MR) is 82.6 cm³/mol. The molecule has 0 saturated heterocycles. The molecular weight excluding hydrogens is 394 g/mol. The van der Waals surface area contributed by atoms with Gasteiger partial charge < -0.3 is 5.11 Å². The van der Waals surface area contributed by atoms with Gasteiger partial charge in [-0.25, -0.2) is 9.18 Å². The third-order valence-corrected chi connectivity index (χ3v) is 4.74. The first kappa shape index (κ1) is 15.1. The Balaban J connectivity index is 2.23. The van der Waals surface area contributed by atoms with Gasteiger partial charge in [-0.05, 0) is 58.5 Å². The van der Waals surface area contributed by atoms with E-state index in [1.54, 1.807) is 0 Å². The van der Waals surface area contributed by atoms with Crippen molar-refractivity contribution in [2.75, 3.05) is 0 Å². The zero-order valence-corrected chi connectivity index (χ0v) is 13.2. The molecule has 0 radical (unpaired) electrons. The highest BCUT2D eigenvalue weighted by Gasteiger charge is 2.14. The first-order chi connectivity index (χ1) is 9.47. The first-order valence-corrected chi connectivity index (χ1v) is 8.03. The van der Waals surface area contributed by atoms with Crippen molar-refractivity contribution in [1.29, 1.82) is 0 Å². The Labute approximate surface area is 131 Å². The lowest BCUT2D eigenvalue weighted by Crippen LogP contribution is -2.04. The van der Waals surface area contributed by atoms with Crippen LogP contribution < -0.4 is 0 Å². The molecule has 104 valence electrons. The number of hydrogen-bond acceptors (Lipinski definition) is 2. The van der Waals surface area contributed by atoms with Crippen LogP contribution in [0.4, 0.5) is 4.39 Å². The second-order valence-corrected chi connectivity index (χ2v) is 6.76. The van der Waals surface area contributed by atoms with Crippen molar-refractivity contribution in [1.82, 2.24) is 0 Å². The van der Waals surface area contributed by atoms with E-state index in [0.29, 0.717) is 4.90 Å². The number of aromatic carboxylic acids is 1. The monoisotopic (exact) mass is 404 g/mol. The zero-order chi connectivity index (χ0) is 14.7. The van der Waals surface area contributed by atoms with Gasteiger partial charge in [0.25, 0.3) is 0 Å². The SMILES string of the molecule is O=C(O)c1cc(S(=O)Cc2ccc(I)cc2)ccc1F. The number of rotatable bonds is 4. The van der Waals surface area contributed by atoms with E-state index in [-0.39, 0.29) is 5.75 Å². The van der Waals surface area contributed by atoms with Gasteiger partial charge in [-0.2, -0.15) is 0 Å². The molecule has 0 fully saturated rings. The van der Waals surface area contributed by atoms with Crippen LogP contribution in [0.5, 0.6) is 0 Å². The summed E-state index contributed by atoms with van der Waals surface area (Å²) < 4.78 is 26.5. The van der Waals surface area contributed by atoms with E-state index in [4.69, 9.17) is 5.11 Å². The van der Waals surface area contributed by atoms with Gasteiger partial charge in [0.2, 0.25) is 0 Å². The van der Waals surface area contributed by atoms with Gasteiger partial charge in [-0.15, -0.1) is 0 Å². The second-order valence-electron chi connectivity index (χ2n) is 4.06. The van der Waals surface area contributed by atoms with E-state index in [1.807, 2.05) is 24.3 Å². The summed E-state index contributed by atoms with van der Waals surface area (Å²) in [4.78, 5) is 11.2. The molecule has 0 bridgehead atoms.